The van der Waals surface area contributed by atoms with Crippen molar-refractivity contribution < 1.29 is 28.8 Å². The second-order valence-electron chi connectivity index (χ2n) is 8.81. The Balaban J connectivity index is 1.29. The number of hydrogen-bond acceptors (Lipinski definition) is 6. The van der Waals surface area contributed by atoms with Crippen LogP contribution in [-0.4, -0.2) is 48.7 Å². The Morgan fingerprint density at radius 3 is 2.65 bits per heavy atom. The average Bonchev–Trinajstić information content (AvgIpc) is 3.42. The fourth-order valence-corrected chi connectivity index (χ4v) is 4.27. The number of aliphatic hydroxyl groups is 1. The molecule has 5 atom stereocenters. The molecule has 0 aliphatic carbocycles. The SMILES string of the molecule is C=C[C@H](Oc1ccc(OC)cc1)[C@@H]1CC[C@@H](CCCCCC#C[C@@H](O)CC2=C[C@H](C)OC2=O)O1. The number of hydrogen-bond donors (Lipinski definition) is 1. The van der Waals surface area contributed by atoms with E-state index in [0.717, 1.165) is 56.4 Å². The zero-order valence-electron chi connectivity index (χ0n) is 20.2. The standard InChI is InChI=1S/C28H36O6/c1-4-26(33-25-14-12-23(31-3)13-15-25)27-17-16-24(34-27)11-9-7-5-6-8-10-22(29)19-21-18-20(2)32-28(21)30/h4,12-15,18,20,22,24,26-27,29H,1,5-7,9,11,16-17,19H2,2-3H3/t20-,22+,24+,26-,27-/m0/s1. The summed E-state index contributed by atoms with van der Waals surface area (Å²) in [5.74, 6) is 7.08. The maximum absolute atomic E-state index is 11.6. The Hall–Kier alpha value is -2.75. The van der Waals surface area contributed by atoms with Gasteiger partial charge in [-0.05, 0) is 69.0 Å². The van der Waals surface area contributed by atoms with Gasteiger partial charge in [-0.1, -0.05) is 25.3 Å². The second kappa shape index (κ2) is 13.2. The molecule has 6 heteroatoms. The number of esters is 1. The lowest BCUT2D eigenvalue weighted by molar-refractivity contribution is -0.139. The first-order valence-electron chi connectivity index (χ1n) is 12.2. The number of aliphatic hydroxyl groups excluding tert-OH is 1. The summed E-state index contributed by atoms with van der Waals surface area (Å²) in [4.78, 5) is 11.6. The molecule has 2 heterocycles. The molecule has 1 saturated heterocycles. The first kappa shape index (κ1) is 25.9. The van der Waals surface area contributed by atoms with E-state index in [1.807, 2.05) is 30.3 Å². The van der Waals surface area contributed by atoms with Crippen LogP contribution in [-0.2, 0) is 14.3 Å². The van der Waals surface area contributed by atoms with Crippen molar-refractivity contribution in [1.29, 1.82) is 0 Å². The van der Waals surface area contributed by atoms with Crippen molar-refractivity contribution in [3.05, 3.63) is 48.6 Å². The van der Waals surface area contributed by atoms with Gasteiger partial charge in [-0.25, -0.2) is 4.79 Å². The highest BCUT2D eigenvalue weighted by molar-refractivity contribution is 5.90. The van der Waals surface area contributed by atoms with Crippen LogP contribution in [0, 0.1) is 11.8 Å². The zero-order valence-corrected chi connectivity index (χ0v) is 20.2. The molecule has 1 N–H and O–H groups in total. The quantitative estimate of drug-likeness (QED) is 0.206. The minimum Gasteiger partial charge on any atom is -0.497 e. The van der Waals surface area contributed by atoms with E-state index in [1.54, 1.807) is 20.1 Å². The van der Waals surface area contributed by atoms with Gasteiger partial charge < -0.3 is 24.1 Å². The number of cyclic esters (lactones) is 1. The van der Waals surface area contributed by atoms with Crippen molar-refractivity contribution >= 4 is 5.97 Å². The van der Waals surface area contributed by atoms with Crippen LogP contribution in [0.4, 0.5) is 0 Å². The molecule has 1 fully saturated rings. The lowest BCUT2D eigenvalue weighted by Gasteiger charge is -2.22. The molecule has 0 unspecified atom stereocenters. The molecule has 0 aromatic heterocycles. The van der Waals surface area contributed by atoms with Gasteiger partial charge in [-0.3, -0.25) is 0 Å². The van der Waals surface area contributed by atoms with E-state index < -0.39 is 6.10 Å². The van der Waals surface area contributed by atoms with Crippen LogP contribution in [0.3, 0.4) is 0 Å². The molecule has 184 valence electrons. The number of benzene rings is 1. The molecule has 2 aliphatic rings. The Kier molecular flexibility index (Phi) is 10.1. The molecule has 0 radical (unpaired) electrons. The van der Waals surface area contributed by atoms with Crippen molar-refractivity contribution in [2.24, 2.45) is 0 Å². The maximum Gasteiger partial charge on any atom is 0.334 e. The first-order valence-corrected chi connectivity index (χ1v) is 12.2. The smallest absolute Gasteiger partial charge is 0.334 e. The second-order valence-corrected chi connectivity index (χ2v) is 8.81. The maximum atomic E-state index is 11.6. The van der Waals surface area contributed by atoms with Gasteiger partial charge in [0.1, 0.15) is 29.8 Å². The molecule has 0 bridgehead atoms. The molecule has 0 saturated carbocycles. The van der Waals surface area contributed by atoms with E-state index in [0.29, 0.717) is 5.57 Å². The summed E-state index contributed by atoms with van der Waals surface area (Å²) in [6.07, 6.45) is 9.71. The Labute approximate surface area is 202 Å². The van der Waals surface area contributed by atoms with E-state index in [-0.39, 0.29) is 36.8 Å². The monoisotopic (exact) mass is 468 g/mol. The number of unbranched alkanes of at least 4 members (excludes halogenated alkanes) is 3. The Morgan fingerprint density at radius 2 is 1.97 bits per heavy atom. The summed E-state index contributed by atoms with van der Waals surface area (Å²) in [6, 6.07) is 7.54. The van der Waals surface area contributed by atoms with Gasteiger partial charge >= 0.3 is 5.97 Å². The number of ether oxygens (including phenoxy) is 4. The van der Waals surface area contributed by atoms with E-state index in [4.69, 9.17) is 18.9 Å². The van der Waals surface area contributed by atoms with Crippen LogP contribution in [0.5, 0.6) is 11.5 Å². The van der Waals surface area contributed by atoms with E-state index in [1.165, 1.54) is 0 Å². The van der Waals surface area contributed by atoms with Gasteiger partial charge in [-0.2, -0.15) is 0 Å². The minimum atomic E-state index is -0.828. The fourth-order valence-electron chi connectivity index (χ4n) is 4.27. The molecule has 34 heavy (non-hydrogen) atoms. The van der Waals surface area contributed by atoms with E-state index >= 15 is 0 Å². The number of methoxy groups -OCH3 is 1. The summed E-state index contributed by atoms with van der Waals surface area (Å²) in [6.45, 7) is 5.73. The third kappa shape index (κ3) is 7.93. The van der Waals surface area contributed by atoms with Crippen molar-refractivity contribution in [3.63, 3.8) is 0 Å². The highest BCUT2D eigenvalue weighted by Crippen LogP contribution is 2.29. The van der Waals surface area contributed by atoms with E-state index in [9.17, 15) is 9.90 Å². The molecule has 1 aromatic rings. The summed E-state index contributed by atoms with van der Waals surface area (Å²) < 4.78 is 22.5. The summed E-state index contributed by atoms with van der Waals surface area (Å²) in [5, 5.41) is 10.0. The Bertz CT molecular complexity index is 894. The normalized spacial score (nSPS) is 23.3. The molecule has 0 amide bonds. The van der Waals surface area contributed by atoms with Gasteiger partial charge in [-0.15, -0.1) is 5.92 Å². The van der Waals surface area contributed by atoms with Gasteiger partial charge in [0.05, 0.1) is 19.3 Å². The van der Waals surface area contributed by atoms with Crippen LogP contribution < -0.4 is 9.47 Å². The van der Waals surface area contributed by atoms with Gasteiger partial charge in [0, 0.05) is 18.4 Å². The van der Waals surface area contributed by atoms with Crippen molar-refractivity contribution in [2.45, 2.75) is 88.8 Å². The molecule has 2 aliphatic heterocycles. The van der Waals surface area contributed by atoms with Crippen LogP contribution in [0.2, 0.25) is 0 Å². The molecular weight excluding hydrogens is 432 g/mol. The third-order valence-electron chi connectivity index (χ3n) is 6.07. The van der Waals surface area contributed by atoms with Gasteiger partial charge in [0.25, 0.3) is 0 Å². The molecule has 1 aromatic carbocycles. The zero-order chi connectivity index (χ0) is 24.3. The highest BCUT2D eigenvalue weighted by Gasteiger charge is 2.31. The highest BCUT2D eigenvalue weighted by atomic mass is 16.6. The topological polar surface area (TPSA) is 74.2 Å². The predicted molar refractivity (Wildman–Crippen MR) is 131 cm³/mol. The summed E-state index contributed by atoms with van der Waals surface area (Å²) in [7, 11) is 1.64. The molecule has 3 rings (SSSR count). The van der Waals surface area contributed by atoms with Crippen molar-refractivity contribution in [1.82, 2.24) is 0 Å². The minimum absolute atomic E-state index is 0.0206. The molecular formula is C28H36O6. The number of carbonyl (C=O) groups is 1. The number of carbonyl (C=O) groups excluding carboxylic acids is 1. The van der Waals surface area contributed by atoms with Crippen LogP contribution in [0.1, 0.15) is 58.3 Å². The predicted octanol–water partition coefficient (Wildman–Crippen LogP) is 4.75. The lowest BCUT2D eigenvalue weighted by atomic mass is 10.0. The number of rotatable bonds is 12. The Morgan fingerprint density at radius 1 is 1.21 bits per heavy atom. The largest absolute Gasteiger partial charge is 0.497 e. The first-order chi connectivity index (χ1) is 16.5. The van der Waals surface area contributed by atoms with Crippen LogP contribution >= 0.6 is 0 Å². The van der Waals surface area contributed by atoms with Gasteiger partial charge in [0.2, 0.25) is 0 Å². The van der Waals surface area contributed by atoms with Crippen molar-refractivity contribution in [3.8, 4) is 23.3 Å². The summed E-state index contributed by atoms with van der Waals surface area (Å²) >= 11 is 0. The van der Waals surface area contributed by atoms with E-state index in [2.05, 4.69) is 18.4 Å². The van der Waals surface area contributed by atoms with Crippen LogP contribution in [0.15, 0.2) is 48.6 Å². The molecule has 0 spiro atoms. The average molecular weight is 469 g/mol. The summed E-state index contributed by atoms with van der Waals surface area (Å²) in [5.41, 5.74) is 0.511. The van der Waals surface area contributed by atoms with Crippen molar-refractivity contribution in [2.75, 3.05) is 7.11 Å². The molecule has 6 nitrogen and oxygen atoms in total. The third-order valence-corrected chi connectivity index (χ3v) is 6.07. The lowest BCUT2D eigenvalue weighted by Crippen LogP contribution is -2.30. The fraction of sp³-hybridized carbons (Fsp3) is 0.536. The van der Waals surface area contributed by atoms with Gasteiger partial charge in [0.15, 0.2) is 0 Å². The van der Waals surface area contributed by atoms with Crippen LogP contribution in [0.25, 0.3) is 0 Å².